The van der Waals surface area contributed by atoms with Gasteiger partial charge in [-0.05, 0) is 37.5 Å². The van der Waals surface area contributed by atoms with E-state index < -0.39 is 11.9 Å². The monoisotopic (exact) mass is 374 g/mol. The van der Waals surface area contributed by atoms with Gasteiger partial charge < -0.3 is 14.6 Å². The highest BCUT2D eigenvalue weighted by Gasteiger charge is 2.40. The molecule has 0 radical (unpaired) electrons. The molecule has 0 saturated heterocycles. The second-order valence-corrected chi connectivity index (χ2v) is 6.42. The smallest absolute Gasteiger partial charge is 0.317 e. The summed E-state index contributed by atoms with van der Waals surface area (Å²) in [7, 11) is 0. The van der Waals surface area contributed by atoms with Gasteiger partial charge in [0.2, 0.25) is 0 Å². The van der Waals surface area contributed by atoms with Crippen molar-refractivity contribution in [3.8, 4) is 5.75 Å². The number of Topliss-reactive ketones (excluding diaryl/α,β-unsaturated/α-hetero) is 1. The van der Waals surface area contributed by atoms with Crippen molar-refractivity contribution in [1.82, 2.24) is 0 Å². The molecular formula is C21H26O6. The van der Waals surface area contributed by atoms with E-state index in [4.69, 9.17) is 9.47 Å². The number of ketones is 1. The summed E-state index contributed by atoms with van der Waals surface area (Å²) in [4.78, 5) is 36.2. The minimum Gasteiger partial charge on any atom is -0.511 e. The second kappa shape index (κ2) is 9.35. The molecule has 27 heavy (non-hydrogen) atoms. The summed E-state index contributed by atoms with van der Waals surface area (Å²) in [6.07, 6.45) is 1.42. The van der Waals surface area contributed by atoms with Gasteiger partial charge in [0.25, 0.3) is 0 Å². The van der Waals surface area contributed by atoms with Crippen LogP contribution in [0.25, 0.3) is 0 Å². The first-order valence-electron chi connectivity index (χ1n) is 9.35. The lowest BCUT2D eigenvalue weighted by Crippen LogP contribution is -2.31. The molecule has 0 aromatic heterocycles. The maximum absolute atomic E-state index is 12.5. The fourth-order valence-corrected chi connectivity index (χ4v) is 3.35. The number of aliphatic hydroxyl groups is 1. The first-order chi connectivity index (χ1) is 12.9. The van der Waals surface area contributed by atoms with E-state index in [9.17, 15) is 19.5 Å². The van der Waals surface area contributed by atoms with E-state index in [1.54, 1.807) is 39.0 Å². The van der Waals surface area contributed by atoms with Gasteiger partial charge in [0.05, 0.1) is 6.61 Å². The zero-order chi connectivity index (χ0) is 20.0. The van der Waals surface area contributed by atoms with E-state index in [0.29, 0.717) is 24.2 Å². The van der Waals surface area contributed by atoms with Gasteiger partial charge in [0.1, 0.15) is 17.4 Å². The Morgan fingerprint density at radius 2 is 1.89 bits per heavy atom. The topological polar surface area (TPSA) is 89.9 Å². The number of hydrogen-bond donors (Lipinski definition) is 1. The molecule has 1 aromatic carbocycles. The van der Waals surface area contributed by atoms with E-state index in [-0.39, 0.29) is 42.9 Å². The third-order valence-corrected chi connectivity index (χ3v) is 4.72. The summed E-state index contributed by atoms with van der Waals surface area (Å²) in [5, 5.41) is 10.7. The van der Waals surface area contributed by atoms with E-state index in [1.807, 2.05) is 6.07 Å². The molecule has 0 fully saturated rings. The predicted octanol–water partition coefficient (Wildman–Crippen LogP) is 3.85. The Labute approximate surface area is 159 Å². The highest BCUT2D eigenvalue weighted by molar-refractivity contribution is 5.97. The zero-order valence-corrected chi connectivity index (χ0v) is 16.0. The maximum Gasteiger partial charge on any atom is 0.317 e. The minimum atomic E-state index is -0.943. The summed E-state index contributed by atoms with van der Waals surface area (Å²) < 4.78 is 10.4. The second-order valence-electron chi connectivity index (χ2n) is 6.42. The number of benzene rings is 1. The molecule has 6 nitrogen and oxygen atoms in total. The van der Waals surface area contributed by atoms with Crippen LogP contribution in [0.5, 0.6) is 5.75 Å². The lowest BCUT2D eigenvalue weighted by molar-refractivity contribution is -0.148. The molecular weight excluding hydrogens is 348 g/mol. The van der Waals surface area contributed by atoms with Crippen LogP contribution in [-0.4, -0.2) is 29.4 Å². The van der Waals surface area contributed by atoms with Crippen LogP contribution in [0.2, 0.25) is 0 Å². The standard InChI is InChI=1S/C21H26O6/c1-4-17(22)16-11-10-15(19(20(16)24)21(25)26-6-3)13-8-7-9-14(12-13)27-18(23)5-2/h7-9,12,15,19,24H,4-6,10-11H2,1-3H3. The number of aliphatic hydroxyl groups excluding tert-OH is 1. The quantitative estimate of drug-likeness (QED) is 0.576. The van der Waals surface area contributed by atoms with Crippen LogP contribution in [0.15, 0.2) is 35.6 Å². The molecule has 1 N–H and O–H groups in total. The van der Waals surface area contributed by atoms with E-state index in [2.05, 4.69) is 0 Å². The molecule has 1 aromatic rings. The molecule has 0 spiro atoms. The number of carbonyl (C=O) groups excluding carboxylic acids is 3. The summed E-state index contributed by atoms with van der Waals surface area (Å²) in [6.45, 7) is 5.30. The van der Waals surface area contributed by atoms with Crippen molar-refractivity contribution >= 4 is 17.7 Å². The Hall–Kier alpha value is -2.63. The fourth-order valence-electron chi connectivity index (χ4n) is 3.35. The molecule has 1 aliphatic rings. The molecule has 2 unspecified atom stereocenters. The summed E-state index contributed by atoms with van der Waals surface area (Å²) in [5.74, 6) is -2.19. The lowest BCUT2D eigenvalue weighted by atomic mass is 9.74. The Balaban J connectivity index is 2.41. The summed E-state index contributed by atoms with van der Waals surface area (Å²) in [6, 6.07) is 6.93. The van der Waals surface area contributed by atoms with Gasteiger partial charge in [-0.1, -0.05) is 26.0 Å². The molecule has 1 aliphatic carbocycles. The molecule has 2 rings (SSSR count). The van der Waals surface area contributed by atoms with Crippen molar-refractivity contribution in [3.05, 3.63) is 41.2 Å². The lowest BCUT2D eigenvalue weighted by Gasteiger charge is -2.31. The van der Waals surface area contributed by atoms with Crippen LogP contribution in [0.4, 0.5) is 0 Å². The molecule has 0 aliphatic heterocycles. The van der Waals surface area contributed by atoms with Gasteiger partial charge in [-0.2, -0.15) is 0 Å². The molecule has 6 heteroatoms. The van der Waals surface area contributed by atoms with Crippen molar-refractivity contribution < 1.29 is 29.0 Å². The van der Waals surface area contributed by atoms with Crippen LogP contribution in [0.3, 0.4) is 0 Å². The van der Waals surface area contributed by atoms with Crippen LogP contribution in [-0.2, 0) is 19.1 Å². The zero-order valence-electron chi connectivity index (χ0n) is 16.0. The Kier molecular flexibility index (Phi) is 7.16. The average molecular weight is 374 g/mol. The van der Waals surface area contributed by atoms with E-state index in [1.165, 1.54) is 0 Å². The number of esters is 2. The Morgan fingerprint density at radius 3 is 2.52 bits per heavy atom. The number of rotatable bonds is 7. The van der Waals surface area contributed by atoms with Crippen LogP contribution >= 0.6 is 0 Å². The van der Waals surface area contributed by atoms with Crippen LogP contribution in [0, 0.1) is 5.92 Å². The largest absolute Gasteiger partial charge is 0.511 e. The van der Waals surface area contributed by atoms with Crippen LogP contribution < -0.4 is 4.74 Å². The van der Waals surface area contributed by atoms with Gasteiger partial charge in [-0.15, -0.1) is 0 Å². The average Bonchev–Trinajstić information content (AvgIpc) is 2.67. The van der Waals surface area contributed by atoms with Crippen molar-refractivity contribution in [2.24, 2.45) is 5.92 Å². The SMILES string of the molecule is CCOC(=O)C1C(O)=C(C(=O)CC)CCC1c1cccc(OC(=O)CC)c1. The van der Waals surface area contributed by atoms with Crippen molar-refractivity contribution in [2.75, 3.05) is 6.61 Å². The number of hydrogen-bond acceptors (Lipinski definition) is 6. The molecule has 0 amide bonds. The van der Waals surface area contributed by atoms with Crippen LogP contribution in [0.1, 0.15) is 57.9 Å². The highest BCUT2D eigenvalue weighted by Crippen LogP contribution is 2.42. The third-order valence-electron chi connectivity index (χ3n) is 4.72. The Morgan fingerprint density at radius 1 is 1.15 bits per heavy atom. The highest BCUT2D eigenvalue weighted by atomic mass is 16.5. The number of carbonyl (C=O) groups is 3. The first-order valence-corrected chi connectivity index (χ1v) is 9.35. The van der Waals surface area contributed by atoms with Gasteiger partial charge in [-0.3, -0.25) is 14.4 Å². The predicted molar refractivity (Wildman–Crippen MR) is 99.4 cm³/mol. The molecule has 146 valence electrons. The molecule has 0 saturated carbocycles. The maximum atomic E-state index is 12.5. The Bertz CT molecular complexity index is 749. The van der Waals surface area contributed by atoms with Crippen molar-refractivity contribution in [3.63, 3.8) is 0 Å². The third kappa shape index (κ3) is 4.76. The molecule has 0 heterocycles. The van der Waals surface area contributed by atoms with Gasteiger partial charge >= 0.3 is 11.9 Å². The molecule has 2 atom stereocenters. The normalized spacial score (nSPS) is 19.5. The minimum absolute atomic E-state index is 0.161. The van der Waals surface area contributed by atoms with Crippen molar-refractivity contribution in [1.29, 1.82) is 0 Å². The van der Waals surface area contributed by atoms with Crippen molar-refractivity contribution in [2.45, 2.75) is 52.4 Å². The summed E-state index contributed by atoms with van der Waals surface area (Å²) >= 11 is 0. The molecule has 0 bridgehead atoms. The van der Waals surface area contributed by atoms with Gasteiger partial charge in [0.15, 0.2) is 5.78 Å². The van der Waals surface area contributed by atoms with E-state index >= 15 is 0 Å². The van der Waals surface area contributed by atoms with E-state index in [0.717, 1.165) is 5.56 Å². The van der Waals surface area contributed by atoms with Gasteiger partial charge in [-0.25, -0.2) is 0 Å². The van der Waals surface area contributed by atoms with Gasteiger partial charge in [0, 0.05) is 24.3 Å². The summed E-state index contributed by atoms with van der Waals surface area (Å²) in [5.41, 5.74) is 1.06. The first kappa shape index (κ1) is 20.7. The number of allylic oxidation sites excluding steroid dienone is 1. The fraction of sp³-hybridized carbons (Fsp3) is 0.476. The number of ether oxygens (including phenoxy) is 2.